The Morgan fingerprint density at radius 1 is 1.35 bits per heavy atom. The van der Waals surface area contributed by atoms with Gasteiger partial charge >= 0.3 is 0 Å². The average molecular weight is 333 g/mol. The van der Waals surface area contributed by atoms with Gasteiger partial charge in [-0.2, -0.15) is 0 Å². The minimum atomic E-state index is -3.69. The lowest BCUT2D eigenvalue weighted by Crippen LogP contribution is -2.12. The second-order valence-electron chi connectivity index (χ2n) is 4.11. The molecule has 0 amide bonds. The summed E-state index contributed by atoms with van der Waals surface area (Å²) in [6, 6.07) is 4.59. The van der Waals surface area contributed by atoms with E-state index >= 15 is 0 Å². The lowest BCUT2D eigenvalue weighted by Gasteiger charge is -2.12. The van der Waals surface area contributed by atoms with E-state index in [2.05, 4.69) is 4.72 Å². The van der Waals surface area contributed by atoms with Crippen molar-refractivity contribution in [3.8, 4) is 5.75 Å². The SMILES string of the molecule is COc1cc(Cl)c(C)cc1NS(=O)(=O)c1cc(N)cs1. The smallest absolute Gasteiger partial charge is 0.271 e. The predicted octanol–water partition coefficient (Wildman–Crippen LogP) is 3.10. The van der Waals surface area contributed by atoms with Crippen LogP contribution in [0.15, 0.2) is 27.8 Å². The molecule has 0 saturated carbocycles. The number of rotatable bonds is 4. The van der Waals surface area contributed by atoms with Crippen molar-refractivity contribution in [1.82, 2.24) is 0 Å². The van der Waals surface area contributed by atoms with Gasteiger partial charge in [-0.25, -0.2) is 8.42 Å². The highest BCUT2D eigenvalue weighted by Crippen LogP contribution is 2.33. The number of halogens is 1. The van der Waals surface area contributed by atoms with Crippen molar-refractivity contribution < 1.29 is 13.2 Å². The maximum atomic E-state index is 12.2. The molecule has 1 heterocycles. The van der Waals surface area contributed by atoms with E-state index in [1.807, 2.05) is 0 Å². The van der Waals surface area contributed by atoms with Gasteiger partial charge in [-0.3, -0.25) is 4.72 Å². The van der Waals surface area contributed by atoms with Gasteiger partial charge in [0, 0.05) is 22.2 Å². The van der Waals surface area contributed by atoms with E-state index in [0.717, 1.165) is 16.9 Å². The lowest BCUT2D eigenvalue weighted by atomic mass is 10.2. The zero-order valence-corrected chi connectivity index (χ0v) is 13.2. The number of nitrogens with one attached hydrogen (secondary N) is 1. The molecule has 0 bridgehead atoms. The van der Waals surface area contributed by atoms with Crippen molar-refractivity contribution in [1.29, 1.82) is 0 Å². The van der Waals surface area contributed by atoms with Crippen LogP contribution in [0, 0.1) is 6.92 Å². The molecular formula is C12H13ClN2O3S2. The number of thiophene rings is 1. The van der Waals surface area contributed by atoms with E-state index in [1.54, 1.807) is 24.4 Å². The molecule has 0 aliphatic heterocycles. The Labute approximate surface area is 126 Å². The third-order valence-electron chi connectivity index (χ3n) is 2.59. The topological polar surface area (TPSA) is 81.4 Å². The minimum absolute atomic E-state index is 0.143. The summed E-state index contributed by atoms with van der Waals surface area (Å²) in [4.78, 5) is 0. The zero-order valence-electron chi connectivity index (χ0n) is 10.8. The lowest BCUT2D eigenvalue weighted by molar-refractivity contribution is 0.417. The maximum absolute atomic E-state index is 12.2. The first-order chi connectivity index (χ1) is 9.33. The number of nitrogens with two attached hydrogens (primary N) is 1. The Kier molecular flexibility index (Phi) is 4.12. The Bertz CT molecular complexity index is 741. The summed E-state index contributed by atoms with van der Waals surface area (Å²) in [6.07, 6.45) is 0. The molecule has 3 N–H and O–H groups in total. The molecule has 0 aliphatic rings. The molecule has 8 heteroatoms. The second kappa shape index (κ2) is 5.51. The summed E-state index contributed by atoms with van der Waals surface area (Å²) < 4.78 is 32.2. The van der Waals surface area contributed by atoms with E-state index < -0.39 is 10.0 Å². The number of hydrogen-bond acceptors (Lipinski definition) is 5. The summed E-state index contributed by atoms with van der Waals surface area (Å²) in [5.74, 6) is 0.355. The molecule has 0 atom stereocenters. The molecule has 20 heavy (non-hydrogen) atoms. The van der Waals surface area contributed by atoms with Crippen LogP contribution >= 0.6 is 22.9 Å². The number of methoxy groups -OCH3 is 1. The quantitative estimate of drug-likeness (QED) is 0.901. The Balaban J connectivity index is 2.41. The van der Waals surface area contributed by atoms with Crippen molar-refractivity contribution >= 4 is 44.3 Å². The molecule has 0 unspecified atom stereocenters. The van der Waals surface area contributed by atoms with Crippen LogP contribution in [-0.4, -0.2) is 15.5 Å². The number of anilines is 2. The number of sulfonamides is 1. The van der Waals surface area contributed by atoms with Crippen molar-refractivity contribution in [2.45, 2.75) is 11.1 Å². The highest BCUT2D eigenvalue weighted by molar-refractivity contribution is 7.94. The Hall–Kier alpha value is -1.44. The first kappa shape index (κ1) is 15.0. The molecular weight excluding hydrogens is 320 g/mol. The van der Waals surface area contributed by atoms with Gasteiger partial charge in [-0.05, 0) is 24.6 Å². The van der Waals surface area contributed by atoms with Gasteiger partial charge in [0.15, 0.2) is 0 Å². The van der Waals surface area contributed by atoms with Crippen LogP contribution in [0.3, 0.4) is 0 Å². The van der Waals surface area contributed by atoms with Gasteiger partial charge in [0.1, 0.15) is 9.96 Å². The first-order valence-corrected chi connectivity index (χ1v) is 8.28. The van der Waals surface area contributed by atoms with Gasteiger partial charge in [0.25, 0.3) is 10.0 Å². The third kappa shape index (κ3) is 3.00. The summed E-state index contributed by atoms with van der Waals surface area (Å²) in [5, 5.41) is 2.07. The van der Waals surface area contributed by atoms with Gasteiger partial charge in [0.2, 0.25) is 0 Å². The first-order valence-electron chi connectivity index (χ1n) is 5.54. The fourth-order valence-corrected chi connectivity index (χ4v) is 3.87. The zero-order chi connectivity index (χ0) is 14.9. The molecule has 2 rings (SSSR count). The van der Waals surface area contributed by atoms with Crippen LogP contribution in [0.4, 0.5) is 11.4 Å². The average Bonchev–Trinajstić information content (AvgIpc) is 2.81. The summed E-state index contributed by atoms with van der Waals surface area (Å²) >= 11 is 7.04. The van der Waals surface area contributed by atoms with Crippen molar-refractivity contribution in [2.75, 3.05) is 17.6 Å². The highest BCUT2D eigenvalue weighted by Gasteiger charge is 2.19. The number of nitrogen functional groups attached to an aromatic ring is 1. The molecule has 0 spiro atoms. The van der Waals surface area contributed by atoms with Crippen LogP contribution in [-0.2, 0) is 10.0 Å². The predicted molar refractivity (Wildman–Crippen MR) is 82.3 cm³/mol. The van der Waals surface area contributed by atoms with E-state index in [0.29, 0.717) is 22.1 Å². The third-order valence-corrected chi connectivity index (χ3v) is 5.82. The molecule has 0 aliphatic carbocycles. The molecule has 0 fully saturated rings. The fraction of sp³-hybridized carbons (Fsp3) is 0.167. The largest absolute Gasteiger partial charge is 0.495 e. The van der Waals surface area contributed by atoms with Gasteiger partial charge in [-0.1, -0.05) is 11.6 Å². The standard InChI is InChI=1S/C12H13ClN2O3S2/c1-7-3-10(11(18-2)5-9(7)13)15-20(16,17)12-4-8(14)6-19-12/h3-6,15H,14H2,1-2H3. The van der Waals surface area contributed by atoms with E-state index in [1.165, 1.54) is 13.2 Å². The van der Waals surface area contributed by atoms with Gasteiger partial charge < -0.3 is 10.5 Å². The van der Waals surface area contributed by atoms with Crippen molar-refractivity contribution in [2.24, 2.45) is 0 Å². The van der Waals surface area contributed by atoms with Crippen molar-refractivity contribution in [3.05, 3.63) is 34.2 Å². The van der Waals surface area contributed by atoms with E-state index in [-0.39, 0.29) is 4.21 Å². The number of aryl methyl sites for hydroxylation is 1. The molecule has 0 radical (unpaired) electrons. The highest BCUT2D eigenvalue weighted by atomic mass is 35.5. The monoisotopic (exact) mass is 332 g/mol. The Morgan fingerprint density at radius 3 is 2.60 bits per heavy atom. The summed E-state index contributed by atoms with van der Waals surface area (Å²) in [5.41, 5.74) is 7.04. The number of ether oxygens (including phenoxy) is 1. The normalized spacial score (nSPS) is 11.3. The van der Waals surface area contributed by atoms with Crippen LogP contribution in [0.5, 0.6) is 5.75 Å². The van der Waals surface area contributed by atoms with Gasteiger partial charge in [-0.15, -0.1) is 11.3 Å². The fourth-order valence-electron chi connectivity index (χ4n) is 1.58. The molecule has 1 aromatic heterocycles. The van der Waals surface area contributed by atoms with Crippen LogP contribution in [0.25, 0.3) is 0 Å². The van der Waals surface area contributed by atoms with E-state index in [4.69, 9.17) is 22.1 Å². The maximum Gasteiger partial charge on any atom is 0.271 e. The summed E-state index contributed by atoms with van der Waals surface area (Å²) in [6.45, 7) is 1.78. The summed E-state index contributed by atoms with van der Waals surface area (Å²) in [7, 11) is -2.24. The van der Waals surface area contributed by atoms with E-state index in [9.17, 15) is 8.42 Å². The Morgan fingerprint density at radius 2 is 2.05 bits per heavy atom. The number of hydrogen-bond donors (Lipinski definition) is 2. The minimum Gasteiger partial charge on any atom is -0.495 e. The second-order valence-corrected chi connectivity index (χ2v) is 7.33. The van der Waals surface area contributed by atoms with Gasteiger partial charge in [0.05, 0.1) is 12.8 Å². The molecule has 108 valence electrons. The molecule has 0 saturated heterocycles. The van der Waals surface area contributed by atoms with Crippen molar-refractivity contribution in [3.63, 3.8) is 0 Å². The number of benzene rings is 1. The van der Waals surface area contributed by atoms with Crippen LogP contribution in [0.1, 0.15) is 5.56 Å². The molecule has 2 aromatic rings. The van der Waals surface area contributed by atoms with Crippen LogP contribution in [0.2, 0.25) is 5.02 Å². The molecule has 5 nitrogen and oxygen atoms in total. The molecule has 1 aromatic carbocycles. The van der Waals surface area contributed by atoms with Crippen LogP contribution < -0.4 is 15.2 Å².